The SMILES string of the molecule is NCCN1CCN2c3ccccc3Cc3ccccc3C2C1. The van der Waals surface area contributed by atoms with Crippen LogP contribution in [0.25, 0.3) is 0 Å². The van der Waals surface area contributed by atoms with Crippen LogP contribution in [0.5, 0.6) is 0 Å². The minimum atomic E-state index is 0.445. The Hall–Kier alpha value is -1.84. The van der Waals surface area contributed by atoms with Gasteiger partial charge in [0.15, 0.2) is 0 Å². The maximum Gasteiger partial charge on any atom is 0.0672 e. The highest BCUT2D eigenvalue weighted by molar-refractivity contribution is 5.60. The van der Waals surface area contributed by atoms with Gasteiger partial charge in [-0.2, -0.15) is 0 Å². The van der Waals surface area contributed by atoms with Crippen LogP contribution in [0.15, 0.2) is 48.5 Å². The van der Waals surface area contributed by atoms with E-state index in [1.54, 1.807) is 0 Å². The number of para-hydroxylation sites is 1. The molecule has 1 fully saturated rings. The van der Waals surface area contributed by atoms with Crippen LogP contribution in [-0.2, 0) is 6.42 Å². The Morgan fingerprint density at radius 3 is 2.59 bits per heavy atom. The van der Waals surface area contributed by atoms with Crippen LogP contribution in [0.4, 0.5) is 5.69 Å². The quantitative estimate of drug-likeness (QED) is 0.923. The molecule has 0 aromatic heterocycles. The second kappa shape index (κ2) is 5.75. The highest BCUT2D eigenvalue weighted by atomic mass is 15.3. The lowest BCUT2D eigenvalue weighted by atomic mass is 9.96. The third kappa shape index (κ3) is 2.31. The summed E-state index contributed by atoms with van der Waals surface area (Å²) in [5, 5.41) is 0. The molecule has 0 saturated carbocycles. The molecule has 2 aliphatic heterocycles. The average Bonchev–Trinajstić information content (AvgIpc) is 2.69. The van der Waals surface area contributed by atoms with Gasteiger partial charge in [0.25, 0.3) is 0 Å². The van der Waals surface area contributed by atoms with Gasteiger partial charge in [-0.05, 0) is 29.2 Å². The Morgan fingerprint density at radius 1 is 0.955 bits per heavy atom. The molecule has 1 unspecified atom stereocenters. The van der Waals surface area contributed by atoms with Crippen molar-refractivity contribution in [3.63, 3.8) is 0 Å². The van der Waals surface area contributed by atoms with Crippen molar-refractivity contribution in [2.45, 2.75) is 12.5 Å². The number of nitrogens with zero attached hydrogens (tertiary/aromatic N) is 2. The highest BCUT2D eigenvalue weighted by Gasteiger charge is 2.32. The van der Waals surface area contributed by atoms with Crippen LogP contribution in [0.3, 0.4) is 0 Å². The van der Waals surface area contributed by atoms with Crippen molar-refractivity contribution in [2.75, 3.05) is 37.6 Å². The van der Waals surface area contributed by atoms with Gasteiger partial charge in [-0.15, -0.1) is 0 Å². The normalized spacial score (nSPS) is 20.8. The summed E-state index contributed by atoms with van der Waals surface area (Å²) in [5.74, 6) is 0. The lowest BCUT2D eigenvalue weighted by Crippen LogP contribution is -2.49. The molecule has 0 bridgehead atoms. The zero-order chi connectivity index (χ0) is 14.9. The minimum Gasteiger partial charge on any atom is -0.362 e. The van der Waals surface area contributed by atoms with Crippen molar-refractivity contribution in [1.29, 1.82) is 0 Å². The molecule has 1 atom stereocenters. The fourth-order valence-electron chi connectivity index (χ4n) is 3.95. The Bertz CT molecular complexity index is 667. The van der Waals surface area contributed by atoms with E-state index in [2.05, 4.69) is 58.3 Å². The Labute approximate surface area is 132 Å². The fourth-order valence-corrected chi connectivity index (χ4v) is 3.95. The van der Waals surface area contributed by atoms with Crippen molar-refractivity contribution < 1.29 is 0 Å². The van der Waals surface area contributed by atoms with Gasteiger partial charge in [-0.1, -0.05) is 42.5 Å². The number of benzene rings is 2. The molecule has 0 radical (unpaired) electrons. The van der Waals surface area contributed by atoms with Gasteiger partial charge in [0.05, 0.1) is 6.04 Å². The lowest BCUT2D eigenvalue weighted by molar-refractivity contribution is 0.229. The van der Waals surface area contributed by atoms with Gasteiger partial charge < -0.3 is 10.6 Å². The fraction of sp³-hybridized carbons (Fsp3) is 0.368. The smallest absolute Gasteiger partial charge is 0.0672 e. The second-order valence-electron chi connectivity index (χ2n) is 6.30. The van der Waals surface area contributed by atoms with Gasteiger partial charge in [-0.3, -0.25) is 4.90 Å². The molecule has 2 heterocycles. The molecule has 0 aliphatic carbocycles. The molecule has 22 heavy (non-hydrogen) atoms. The van der Waals surface area contributed by atoms with Gasteiger partial charge in [0.2, 0.25) is 0 Å². The monoisotopic (exact) mass is 293 g/mol. The zero-order valence-corrected chi connectivity index (χ0v) is 12.9. The highest BCUT2D eigenvalue weighted by Crippen LogP contribution is 2.38. The summed E-state index contributed by atoms with van der Waals surface area (Å²) >= 11 is 0. The first-order valence-corrected chi connectivity index (χ1v) is 8.21. The first kappa shape index (κ1) is 13.8. The molecule has 0 amide bonds. The van der Waals surface area contributed by atoms with Crippen molar-refractivity contribution in [1.82, 2.24) is 4.90 Å². The third-order valence-electron chi connectivity index (χ3n) is 5.01. The van der Waals surface area contributed by atoms with E-state index in [-0.39, 0.29) is 0 Å². The first-order chi connectivity index (χ1) is 10.9. The van der Waals surface area contributed by atoms with E-state index in [0.29, 0.717) is 6.04 Å². The summed E-state index contributed by atoms with van der Waals surface area (Å²) in [4.78, 5) is 5.11. The number of rotatable bonds is 2. The minimum absolute atomic E-state index is 0.445. The summed E-state index contributed by atoms with van der Waals surface area (Å²) in [6, 6.07) is 18.3. The van der Waals surface area contributed by atoms with Crippen LogP contribution >= 0.6 is 0 Å². The maximum atomic E-state index is 5.77. The van der Waals surface area contributed by atoms with Gasteiger partial charge in [0.1, 0.15) is 0 Å². The Morgan fingerprint density at radius 2 is 1.73 bits per heavy atom. The lowest BCUT2D eigenvalue weighted by Gasteiger charge is -2.43. The van der Waals surface area contributed by atoms with Gasteiger partial charge in [-0.25, -0.2) is 0 Å². The Kier molecular flexibility index (Phi) is 3.60. The summed E-state index contributed by atoms with van der Waals surface area (Å²) in [5.41, 5.74) is 11.6. The molecule has 114 valence electrons. The second-order valence-corrected chi connectivity index (χ2v) is 6.30. The van der Waals surface area contributed by atoms with Crippen LogP contribution in [-0.4, -0.2) is 37.6 Å². The largest absolute Gasteiger partial charge is 0.362 e. The van der Waals surface area contributed by atoms with Crippen molar-refractivity contribution in [3.8, 4) is 0 Å². The number of piperazine rings is 1. The topological polar surface area (TPSA) is 32.5 Å². The van der Waals surface area contributed by atoms with Crippen LogP contribution < -0.4 is 10.6 Å². The number of hydrogen-bond acceptors (Lipinski definition) is 3. The van der Waals surface area contributed by atoms with E-state index >= 15 is 0 Å². The van der Waals surface area contributed by atoms with E-state index in [0.717, 1.165) is 39.1 Å². The standard InChI is InChI=1S/C19H23N3/c20-9-10-21-11-12-22-18-8-4-2-6-16(18)13-15-5-1-3-7-17(15)19(22)14-21/h1-8,19H,9-14,20H2. The molecule has 2 aromatic rings. The molecule has 2 N–H and O–H groups in total. The van der Waals surface area contributed by atoms with Crippen LogP contribution in [0.2, 0.25) is 0 Å². The number of hydrogen-bond donors (Lipinski definition) is 1. The van der Waals surface area contributed by atoms with Crippen LogP contribution in [0, 0.1) is 0 Å². The zero-order valence-electron chi connectivity index (χ0n) is 12.9. The maximum absolute atomic E-state index is 5.77. The molecule has 3 nitrogen and oxygen atoms in total. The van der Waals surface area contributed by atoms with E-state index in [1.165, 1.54) is 22.4 Å². The van der Waals surface area contributed by atoms with E-state index in [1.807, 2.05) is 0 Å². The predicted molar refractivity (Wildman–Crippen MR) is 91.3 cm³/mol. The van der Waals surface area contributed by atoms with Crippen molar-refractivity contribution >= 4 is 5.69 Å². The molecule has 4 rings (SSSR count). The predicted octanol–water partition coefficient (Wildman–Crippen LogP) is 2.41. The average molecular weight is 293 g/mol. The molecular weight excluding hydrogens is 270 g/mol. The van der Waals surface area contributed by atoms with E-state index < -0.39 is 0 Å². The van der Waals surface area contributed by atoms with Gasteiger partial charge >= 0.3 is 0 Å². The molecule has 2 aromatic carbocycles. The van der Waals surface area contributed by atoms with Crippen LogP contribution in [0.1, 0.15) is 22.7 Å². The number of nitrogens with two attached hydrogens (primary N) is 1. The molecule has 0 spiro atoms. The molecule has 2 aliphatic rings. The summed E-state index contributed by atoms with van der Waals surface area (Å²) < 4.78 is 0. The molecular formula is C19H23N3. The van der Waals surface area contributed by atoms with Crippen molar-refractivity contribution in [3.05, 3.63) is 65.2 Å². The summed E-state index contributed by atoms with van der Waals surface area (Å²) in [7, 11) is 0. The van der Waals surface area contributed by atoms with Crippen molar-refractivity contribution in [2.24, 2.45) is 5.73 Å². The molecule has 3 heteroatoms. The number of anilines is 1. The summed E-state index contributed by atoms with van der Waals surface area (Å²) in [6.45, 7) is 4.99. The van der Waals surface area contributed by atoms with Gasteiger partial charge in [0, 0.05) is 38.4 Å². The third-order valence-corrected chi connectivity index (χ3v) is 5.01. The Balaban J connectivity index is 1.80. The molecule has 1 saturated heterocycles. The number of fused-ring (bicyclic) bond motifs is 5. The van der Waals surface area contributed by atoms with E-state index in [9.17, 15) is 0 Å². The first-order valence-electron chi connectivity index (χ1n) is 8.21. The van der Waals surface area contributed by atoms with E-state index in [4.69, 9.17) is 5.73 Å². The summed E-state index contributed by atoms with van der Waals surface area (Å²) in [6.07, 6.45) is 1.04.